The van der Waals surface area contributed by atoms with Crippen LogP contribution in [0.25, 0.3) is 0 Å². The molecular weight excluding hydrogens is 254 g/mol. The molecule has 3 N–H and O–H groups in total. The van der Waals surface area contributed by atoms with E-state index in [9.17, 15) is 15.0 Å². The van der Waals surface area contributed by atoms with Gasteiger partial charge >= 0.3 is 5.97 Å². The van der Waals surface area contributed by atoms with Gasteiger partial charge in [0.15, 0.2) is 0 Å². The van der Waals surface area contributed by atoms with Gasteiger partial charge in [-0.15, -0.1) is 0 Å². The number of phenolic OH excluding ortho intramolecular Hbond substituents is 1. The van der Waals surface area contributed by atoms with Gasteiger partial charge in [0, 0.05) is 6.54 Å². The Morgan fingerprint density at radius 1 is 1.05 bits per heavy atom. The van der Waals surface area contributed by atoms with Gasteiger partial charge in [0.05, 0.1) is 0 Å². The normalized spacial score (nSPS) is 12.0. The number of rotatable bonds is 6. The molecule has 4 nitrogen and oxygen atoms in total. The zero-order chi connectivity index (χ0) is 14.4. The number of phenols is 1. The zero-order valence-electron chi connectivity index (χ0n) is 11.0. The lowest BCUT2D eigenvalue weighted by Gasteiger charge is -2.15. The van der Waals surface area contributed by atoms with Gasteiger partial charge in [-0.3, -0.25) is 4.79 Å². The van der Waals surface area contributed by atoms with Gasteiger partial charge in [-0.25, -0.2) is 0 Å². The number of nitrogens with one attached hydrogen (secondary N) is 1. The van der Waals surface area contributed by atoms with Crippen LogP contribution in [0.4, 0.5) is 0 Å². The fourth-order valence-electron chi connectivity index (χ4n) is 2.02. The van der Waals surface area contributed by atoms with Gasteiger partial charge in [-0.2, -0.15) is 0 Å². The summed E-state index contributed by atoms with van der Waals surface area (Å²) in [5.41, 5.74) is 1.79. The Hall–Kier alpha value is -2.33. The van der Waals surface area contributed by atoms with Crippen LogP contribution in [0, 0.1) is 0 Å². The van der Waals surface area contributed by atoms with Gasteiger partial charge in [-0.05, 0) is 29.7 Å². The summed E-state index contributed by atoms with van der Waals surface area (Å²) in [5, 5.41) is 21.5. The topological polar surface area (TPSA) is 69.6 Å². The summed E-state index contributed by atoms with van der Waals surface area (Å²) in [6.45, 7) is 0.571. The van der Waals surface area contributed by atoms with Crippen LogP contribution in [-0.4, -0.2) is 22.7 Å². The predicted molar refractivity (Wildman–Crippen MR) is 76.6 cm³/mol. The number of hydrogen-bond acceptors (Lipinski definition) is 3. The minimum absolute atomic E-state index is 0.127. The first kappa shape index (κ1) is 14.1. The van der Waals surface area contributed by atoms with Crippen molar-refractivity contribution >= 4 is 5.97 Å². The highest BCUT2D eigenvalue weighted by atomic mass is 16.4. The Kier molecular flexibility index (Phi) is 4.74. The molecule has 0 heterocycles. The Morgan fingerprint density at radius 3 is 2.30 bits per heavy atom. The van der Waals surface area contributed by atoms with Crippen LogP contribution in [-0.2, 0) is 11.2 Å². The maximum absolute atomic E-state index is 11.3. The van der Waals surface area contributed by atoms with E-state index >= 15 is 0 Å². The Balaban J connectivity index is 1.96. The predicted octanol–water partition coefficient (Wildman–Crippen LogP) is 2.35. The minimum Gasteiger partial charge on any atom is -0.508 e. The Bertz CT molecular complexity index is 552. The van der Waals surface area contributed by atoms with Crippen molar-refractivity contribution in [3.8, 4) is 5.75 Å². The van der Waals surface area contributed by atoms with Crippen LogP contribution in [0.15, 0.2) is 54.6 Å². The third-order valence-corrected chi connectivity index (χ3v) is 3.08. The molecule has 0 aliphatic heterocycles. The molecule has 0 bridgehead atoms. The number of carboxylic acid groups (broad SMARTS) is 1. The molecule has 0 saturated heterocycles. The van der Waals surface area contributed by atoms with Crippen LogP contribution >= 0.6 is 0 Å². The van der Waals surface area contributed by atoms with Gasteiger partial charge in [0.1, 0.15) is 11.8 Å². The van der Waals surface area contributed by atoms with E-state index in [0.29, 0.717) is 12.1 Å². The van der Waals surface area contributed by atoms with Gasteiger partial charge < -0.3 is 15.5 Å². The van der Waals surface area contributed by atoms with Crippen LogP contribution in [0.2, 0.25) is 0 Å². The quantitative estimate of drug-likeness (QED) is 0.754. The van der Waals surface area contributed by atoms with Crippen LogP contribution in [0.3, 0.4) is 0 Å². The van der Waals surface area contributed by atoms with E-state index < -0.39 is 12.0 Å². The molecule has 1 unspecified atom stereocenters. The monoisotopic (exact) mass is 271 g/mol. The zero-order valence-corrected chi connectivity index (χ0v) is 11.0. The number of hydrogen-bond donors (Lipinski definition) is 3. The standard InChI is InChI=1S/C16H17NO3/c18-14-8-6-13(7-9-14)15(16(19)20)17-11-10-12-4-2-1-3-5-12/h1-9,15,17-18H,10-11H2,(H,19,20). The first-order valence-electron chi connectivity index (χ1n) is 6.46. The Labute approximate surface area is 117 Å². The lowest BCUT2D eigenvalue weighted by molar-refractivity contribution is -0.139. The van der Waals surface area contributed by atoms with Crippen molar-refractivity contribution in [2.45, 2.75) is 12.5 Å². The molecule has 0 aliphatic rings. The SMILES string of the molecule is O=C(O)C(NCCc1ccccc1)c1ccc(O)cc1. The molecule has 0 radical (unpaired) electrons. The first-order valence-corrected chi connectivity index (χ1v) is 6.46. The molecule has 0 fully saturated rings. The smallest absolute Gasteiger partial charge is 0.325 e. The molecule has 20 heavy (non-hydrogen) atoms. The maximum Gasteiger partial charge on any atom is 0.325 e. The van der Waals surface area contributed by atoms with Crippen LogP contribution < -0.4 is 5.32 Å². The summed E-state index contributed by atoms with van der Waals surface area (Å²) in [6, 6.07) is 15.3. The highest BCUT2D eigenvalue weighted by Crippen LogP contribution is 2.17. The highest BCUT2D eigenvalue weighted by molar-refractivity contribution is 5.75. The van der Waals surface area contributed by atoms with E-state index in [2.05, 4.69) is 5.32 Å². The van der Waals surface area contributed by atoms with Gasteiger partial charge in [-0.1, -0.05) is 42.5 Å². The van der Waals surface area contributed by atoms with E-state index in [1.54, 1.807) is 12.1 Å². The van der Waals surface area contributed by atoms with E-state index in [0.717, 1.165) is 12.0 Å². The summed E-state index contributed by atoms with van der Waals surface area (Å²) >= 11 is 0. The van der Waals surface area contributed by atoms with Crippen molar-refractivity contribution in [1.29, 1.82) is 0 Å². The van der Waals surface area contributed by atoms with Crippen LogP contribution in [0.1, 0.15) is 17.2 Å². The highest BCUT2D eigenvalue weighted by Gasteiger charge is 2.18. The second kappa shape index (κ2) is 6.73. The third-order valence-electron chi connectivity index (χ3n) is 3.08. The van der Waals surface area contributed by atoms with Crippen molar-refractivity contribution in [1.82, 2.24) is 5.32 Å². The molecule has 2 aromatic rings. The van der Waals surface area contributed by atoms with E-state index in [1.165, 1.54) is 12.1 Å². The minimum atomic E-state index is -0.927. The van der Waals surface area contributed by atoms with E-state index in [4.69, 9.17) is 0 Å². The van der Waals surface area contributed by atoms with E-state index in [1.807, 2.05) is 30.3 Å². The van der Waals surface area contributed by atoms with Crippen LogP contribution in [0.5, 0.6) is 5.75 Å². The first-order chi connectivity index (χ1) is 9.66. The average molecular weight is 271 g/mol. The van der Waals surface area contributed by atoms with Crippen molar-refractivity contribution in [2.75, 3.05) is 6.54 Å². The summed E-state index contributed by atoms with van der Waals surface area (Å²) in [5.74, 6) is -0.800. The summed E-state index contributed by atoms with van der Waals surface area (Å²) in [4.78, 5) is 11.3. The lowest BCUT2D eigenvalue weighted by Crippen LogP contribution is -2.30. The third kappa shape index (κ3) is 3.83. The number of carboxylic acids is 1. The Morgan fingerprint density at radius 2 is 1.70 bits per heavy atom. The molecule has 104 valence electrons. The maximum atomic E-state index is 11.3. The molecule has 0 saturated carbocycles. The van der Waals surface area contributed by atoms with Crippen molar-refractivity contribution in [3.05, 3.63) is 65.7 Å². The molecule has 4 heteroatoms. The lowest BCUT2D eigenvalue weighted by atomic mass is 10.1. The molecule has 0 amide bonds. The number of benzene rings is 2. The molecule has 1 atom stereocenters. The average Bonchev–Trinajstić information content (AvgIpc) is 2.46. The largest absolute Gasteiger partial charge is 0.508 e. The van der Waals surface area contributed by atoms with Crippen molar-refractivity contribution in [3.63, 3.8) is 0 Å². The fourth-order valence-corrected chi connectivity index (χ4v) is 2.02. The van der Waals surface area contributed by atoms with Gasteiger partial charge in [0.2, 0.25) is 0 Å². The fraction of sp³-hybridized carbons (Fsp3) is 0.188. The molecule has 2 rings (SSSR count). The summed E-state index contributed by atoms with van der Waals surface area (Å²) in [7, 11) is 0. The van der Waals surface area contributed by atoms with Crippen molar-refractivity contribution < 1.29 is 15.0 Å². The van der Waals surface area contributed by atoms with Crippen molar-refractivity contribution in [2.24, 2.45) is 0 Å². The van der Waals surface area contributed by atoms with E-state index in [-0.39, 0.29) is 5.75 Å². The molecule has 0 aromatic heterocycles. The number of carbonyl (C=O) groups is 1. The summed E-state index contributed by atoms with van der Waals surface area (Å²) in [6.07, 6.45) is 0.767. The molecule has 2 aromatic carbocycles. The molecule has 0 spiro atoms. The number of aliphatic carboxylic acids is 1. The van der Waals surface area contributed by atoms with Gasteiger partial charge in [0.25, 0.3) is 0 Å². The second-order valence-electron chi connectivity index (χ2n) is 4.55. The second-order valence-corrected chi connectivity index (χ2v) is 4.55. The summed E-state index contributed by atoms with van der Waals surface area (Å²) < 4.78 is 0. The molecule has 0 aliphatic carbocycles. The molecular formula is C16H17NO3. The number of aromatic hydroxyl groups is 1.